The molecule has 0 saturated heterocycles. The van der Waals surface area contributed by atoms with Crippen molar-refractivity contribution in [2.45, 2.75) is 19.9 Å². The Labute approximate surface area is 101 Å². The van der Waals surface area contributed by atoms with Gasteiger partial charge in [0.25, 0.3) is 0 Å². The van der Waals surface area contributed by atoms with Gasteiger partial charge >= 0.3 is 0 Å². The van der Waals surface area contributed by atoms with Crippen molar-refractivity contribution in [3.63, 3.8) is 0 Å². The first-order chi connectivity index (χ1) is 7.58. The van der Waals surface area contributed by atoms with Gasteiger partial charge in [-0.2, -0.15) is 5.26 Å². The highest BCUT2D eigenvalue weighted by atomic mass is 35.5. The summed E-state index contributed by atoms with van der Waals surface area (Å²) in [6.07, 6.45) is 0. The molecule has 2 N–H and O–H groups in total. The maximum atomic E-state index is 9.18. The van der Waals surface area contributed by atoms with Gasteiger partial charge in [-0.1, -0.05) is 25.4 Å². The lowest BCUT2D eigenvalue weighted by molar-refractivity contribution is 0.249. The molecule has 1 aromatic rings. The van der Waals surface area contributed by atoms with Crippen molar-refractivity contribution in [1.29, 1.82) is 5.26 Å². The van der Waals surface area contributed by atoms with Crippen LogP contribution in [-0.2, 0) is 0 Å². The van der Waals surface area contributed by atoms with Crippen LogP contribution in [0.3, 0.4) is 0 Å². The Hall–Kier alpha value is -1.24. The second-order valence-corrected chi connectivity index (χ2v) is 4.39. The summed E-state index contributed by atoms with van der Waals surface area (Å²) in [5, 5.41) is 21.5. The van der Waals surface area contributed by atoms with Gasteiger partial charge in [0.2, 0.25) is 0 Å². The highest BCUT2D eigenvalue weighted by molar-refractivity contribution is 6.32. The molecule has 0 saturated carbocycles. The van der Waals surface area contributed by atoms with E-state index < -0.39 is 0 Å². The number of nitrogens with one attached hydrogen (secondary N) is 1. The van der Waals surface area contributed by atoms with Crippen molar-refractivity contribution >= 4 is 17.3 Å². The number of rotatable bonds is 4. The number of aliphatic hydroxyl groups excluding tert-OH is 1. The largest absolute Gasteiger partial charge is 0.394 e. The zero-order chi connectivity index (χ0) is 12.1. The van der Waals surface area contributed by atoms with Crippen molar-refractivity contribution in [3.8, 4) is 6.07 Å². The maximum absolute atomic E-state index is 9.18. The van der Waals surface area contributed by atoms with Crippen LogP contribution in [-0.4, -0.2) is 17.8 Å². The zero-order valence-electron chi connectivity index (χ0n) is 9.37. The predicted octanol–water partition coefficient (Wildman–Crippen LogP) is 2.64. The van der Waals surface area contributed by atoms with E-state index in [0.717, 1.165) is 5.69 Å². The Kier molecular flexibility index (Phi) is 4.60. The van der Waals surface area contributed by atoms with E-state index in [-0.39, 0.29) is 12.6 Å². The first-order valence-electron chi connectivity index (χ1n) is 5.15. The summed E-state index contributed by atoms with van der Waals surface area (Å²) in [5.74, 6) is 0.319. The molecule has 0 fully saturated rings. The molecule has 0 spiro atoms. The van der Waals surface area contributed by atoms with Crippen molar-refractivity contribution in [2.24, 2.45) is 5.92 Å². The third-order valence-electron chi connectivity index (χ3n) is 2.44. The Morgan fingerprint density at radius 3 is 2.62 bits per heavy atom. The first kappa shape index (κ1) is 12.8. The molecule has 1 rings (SSSR count). The number of benzene rings is 1. The van der Waals surface area contributed by atoms with Crippen molar-refractivity contribution in [2.75, 3.05) is 11.9 Å². The van der Waals surface area contributed by atoms with Crippen LogP contribution in [0.15, 0.2) is 18.2 Å². The SMILES string of the molecule is CC(C)[C@@H](CO)Nc1ccc(C#N)c(Cl)c1. The minimum Gasteiger partial charge on any atom is -0.394 e. The number of nitriles is 1. The molecule has 1 atom stereocenters. The monoisotopic (exact) mass is 238 g/mol. The molecule has 0 aliphatic carbocycles. The molecular formula is C12H15ClN2O. The van der Waals surface area contributed by atoms with Gasteiger partial charge in [-0.25, -0.2) is 0 Å². The summed E-state index contributed by atoms with van der Waals surface area (Å²) in [6, 6.07) is 7.15. The summed E-state index contributed by atoms with van der Waals surface area (Å²) in [6.45, 7) is 4.12. The Balaban J connectivity index is 2.83. The van der Waals surface area contributed by atoms with Crippen LogP contribution in [0.1, 0.15) is 19.4 Å². The van der Waals surface area contributed by atoms with E-state index >= 15 is 0 Å². The lowest BCUT2D eigenvalue weighted by atomic mass is 10.0. The van der Waals surface area contributed by atoms with Gasteiger partial charge in [-0.15, -0.1) is 0 Å². The van der Waals surface area contributed by atoms with Crippen LogP contribution in [0.2, 0.25) is 5.02 Å². The van der Waals surface area contributed by atoms with Crippen LogP contribution < -0.4 is 5.32 Å². The van der Waals surface area contributed by atoms with Gasteiger partial charge in [0.15, 0.2) is 0 Å². The van der Waals surface area contributed by atoms with Gasteiger partial charge in [0, 0.05) is 5.69 Å². The van der Waals surface area contributed by atoms with Gasteiger partial charge < -0.3 is 10.4 Å². The second-order valence-electron chi connectivity index (χ2n) is 3.98. The summed E-state index contributed by atoms with van der Waals surface area (Å²) in [5.41, 5.74) is 1.27. The normalized spacial score (nSPS) is 12.2. The highest BCUT2D eigenvalue weighted by Gasteiger charge is 2.12. The first-order valence-corrected chi connectivity index (χ1v) is 5.53. The average molecular weight is 239 g/mol. The molecule has 0 aromatic heterocycles. The number of hydrogen-bond donors (Lipinski definition) is 2. The Morgan fingerprint density at radius 2 is 2.19 bits per heavy atom. The maximum Gasteiger partial charge on any atom is 0.101 e. The van der Waals surface area contributed by atoms with Crippen LogP contribution in [0, 0.1) is 17.2 Å². The quantitative estimate of drug-likeness (QED) is 0.848. The van der Waals surface area contributed by atoms with Crippen LogP contribution in [0.4, 0.5) is 5.69 Å². The molecule has 0 radical (unpaired) electrons. The van der Waals surface area contributed by atoms with Gasteiger partial charge in [0.1, 0.15) is 6.07 Å². The molecule has 0 unspecified atom stereocenters. The Morgan fingerprint density at radius 1 is 1.50 bits per heavy atom. The average Bonchev–Trinajstić information content (AvgIpc) is 2.25. The molecule has 0 bridgehead atoms. The number of hydrogen-bond acceptors (Lipinski definition) is 3. The molecule has 1 aromatic carbocycles. The molecule has 0 amide bonds. The predicted molar refractivity (Wildman–Crippen MR) is 65.5 cm³/mol. The Bertz CT molecular complexity index is 398. The molecule has 4 heteroatoms. The van der Waals surface area contributed by atoms with E-state index in [0.29, 0.717) is 16.5 Å². The van der Waals surface area contributed by atoms with E-state index in [2.05, 4.69) is 5.32 Å². The number of anilines is 1. The van der Waals surface area contributed by atoms with Crippen molar-refractivity contribution in [1.82, 2.24) is 0 Å². The van der Waals surface area contributed by atoms with Crippen LogP contribution in [0.5, 0.6) is 0 Å². The number of aliphatic hydroxyl groups is 1. The fraction of sp³-hybridized carbons (Fsp3) is 0.417. The third-order valence-corrected chi connectivity index (χ3v) is 2.76. The fourth-order valence-electron chi connectivity index (χ4n) is 1.33. The summed E-state index contributed by atoms with van der Waals surface area (Å²) < 4.78 is 0. The topological polar surface area (TPSA) is 56.0 Å². The number of nitrogens with zero attached hydrogens (tertiary/aromatic N) is 1. The molecule has 16 heavy (non-hydrogen) atoms. The third kappa shape index (κ3) is 3.13. The lowest BCUT2D eigenvalue weighted by Crippen LogP contribution is -2.29. The molecule has 0 aliphatic rings. The van der Waals surface area contributed by atoms with Gasteiger partial charge in [-0.05, 0) is 24.1 Å². The van der Waals surface area contributed by atoms with E-state index in [4.69, 9.17) is 16.9 Å². The van der Waals surface area contributed by atoms with Crippen LogP contribution >= 0.6 is 11.6 Å². The van der Waals surface area contributed by atoms with E-state index in [1.807, 2.05) is 19.9 Å². The van der Waals surface area contributed by atoms with E-state index in [9.17, 15) is 5.11 Å². The van der Waals surface area contributed by atoms with Crippen molar-refractivity contribution < 1.29 is 5.11 Å². The summed E-state index contributed by atoms with van der Waals surface area (Å²) in [7, 11) is 0. The molecule has 0 aliphatic heterocycles. The second kappa shape index (κ2) is 5.74. The van der Waals surface area contributed by atoms with Gasteiger partial charge in [0.05, 0.1) is 23.2 Å². The minimum absolute atomic E-state index is 0.0102. The zero-order valence-corrected chi connectivity index (χ0v) is 10.1. The number of halogens is 1. The van der Waals surface area contributed by atoms with Gasteiger partial charge in [-0.3, -0.25) is 0 Å². The van der Waals surface area contributed by atoms with Crippen molar-refractivity contribution in [3.05, 3.63) is 28.8 Å². The summed E-state index contributed by atoms with van der Waals surface area (Å²) in [4.78, 5) is 0. The molecular weight excluding hydrogens is 224 g/mol. The minimum atomic E-state index is -0.0102. The highest BCUT2D eigenvalue weighted by Crippen LogP contribution is 2.21. The van der Waals surface area contributed by atoms with Crippen LogP contribution in [0.25, 0.3) is 0 Å². The van der Waals surface area contributed by atoms with E-state index in [1.54, 1.807) is 18.2 Å². The lowest BCUT2D eigenvalue weighted by Gasteiger charge is -2.21. The molecule has 3 nitrogen and oxygen atoms in total. The van der Waals surface area contributed by atoms with E-state index in [1.165, 1.54) is 0 Å². The summed E-state index contributed by atoms with van der Waals surface area (Å²) >= 11 is 5.91. The fourth-order valence-corrected chi connectivity index (χ4v) is 1.56. The molecule has 86 valence electrons. The molecule has 0 heterocycles. The standard InChI is InChI=1S/C12H15ClN2O/c1-8(2)12(7-16)15-10-4-3-9(6-14)11(13)5-10/h3-5,8,12,15-16H,7H2,1-2H3/t12-/m1/s1. The smallest absolute Gasteiger partial charge is 0.101 e.